The summed E-state index contributed by atoms with van der Waals surface area (Å²) in [6.45, 7) is 1.68. The van der Waals surface area contributed by atoms with Gasteiger partial charge in [-0.05, 0) is 31.5 Å². The number of hydrogen-bond donors (Lipinski definition) is 2. The van der Waals surface area contributed by atoms with Crippen LogP contribution in [0.5, 0.6) is 11.5 Å². The molecule has 112 valence electrons. The molecule has 5 nitrogen and oxygen atoms in total. The molecule has 1 unspecified atom stereocenters. The molecule has 1 saturated heterocycles. The van der Waals surface area contributed by atoms with E-state index in [1.165, 1.54) is 6.42 Å². The summed E-state index contributed by atoms with van der Waals surface area (Å²) in [6, 6.07) is 5.57. The van der Waals surface area contributed by atoms with Crippen LogP contribution in [0.25, 0.3) is 0 Å². The Morgan fingerprint density at radius 1 is 1.40 bits per heavy atom. The third-order valence-electron chi connectivity index (χ3n) is 3.32. The third kappa shape index (κ3) is 4.02. The number of methoxy groups -OCH3 is 2. The maximum atomic E-state index is 12.1. The van der Waals surface area contributed by atoms with Crippen molar-refractivity contribution in [2.24, 2.45) is 0 Å². The van der Waals surface area contributed by atoms with Gasteiger partial charge < -0.3 is 20.1 Å². The second-order valence-corrected chi connectivity index (χ2v) is 4.57. The lowest BCUT2D eigenvalue weighted by atomic mass is 10.1. The summed E-state index contributed by atoms with van der Waals surface area (Å²) in [5, 5.41) is 6.28. The van der Waals surface area contributed by atoms with Gasteiger partial charge in [-0.3, -0.25) is 4.79 Å². The maximum absolute atomic E-state index is 12.1. The lowest BCUT2D eigenvalue weighted by Crippen LogP contribution is -2.37. The first-order chi connectivity index (χ1) is 9.24. The first-order valence-corrected chi connectivity index (χ1v) is 6.48. The predicted molar refractivity (Wildman–Crippen MR) is 80.2 cm³/mol. The van der Waals surface area contributed by atoms with E-state index in [0.717, 1.165) is 13.0 Å². The van der Waals surface area contributed by atoms with Gasteiger partial charge in [-0.1, -0.05) is 0 Å². The van der Waals surface area contributed by atoms with Gasteiger partial charge in [0.15, 0.2) is 0 Å². The van der Waals surface area contributed by atoms with E-state index in [9.17, 15) is 4.79 Å². The van der Waals surface area contributed by atoms with Crippen LogP contribution in [0.4, 0.5) is 0 Å². The van der Waals surface area contributed by atoms with Crippen molar-refractivity contribution >= 4 is 18.3 Å². The topological polar surface area (TPSA) is 59.6 Å². The first-order valence-electron chi connectivity index (χ1n) is 6.48. The summed E-state index contributed by atoms with van der Waals surface area (Å²) in [5.41, 5.74) is 0.529. The third-order valence-corrected chi connectivity index (χ3v) is 3.32. The Bertz CT molecular complexity index is 448. The number of amides is 1. The van der Waals surface area contributed by atoms with E-state index >= 15 is 0 Å². The van der Waals surface area contributed by atoms with Crippen molar-refractivity contribution < 1.29 is 14.3 Å². The molecule has 1 amide bonds. The molecule has 0 saturated carbocycles. The average molecular weight is 301 g/mol. The molecule has 0 aliphatic carbocycles. The van der Waals surface area contributed by atoms with Gasteiger partial charge >= 0.3 is 0 Å². The van der Waals surface area contributed by atoms with Crippen LogP contribution in [0.3, 0.4) is 0 Å². The molecular formula is C14H21ClN2O3. The molecule has 1 aliphatic heterocycles. The predicted octanol–water partition coefficient (Wildman–Crippen LogP) is 1.61. The standard InChI is InChI=1S/C14H20N2O3.ClH/c1-18-11-5-6-12(13(8-11)19-2)14(17)16-9-10-4-3-7-15-10;/h5-6,8,10,15H,3-4,7,9H2,1-2H3,(H,16,17);1H. The van der Waals surface area contributed by atoms with Crippen LogP contribution < -0.4 is 20.1 Å². The van der Waals surface area contributed by atoms with Crippen LogP contribution in [0.1, 0.15) is 23.2 Å². The van der Waals surface area contributed by atoms with Crippen molar-refractivity contribution in [1.82, 2.24) is 10.6 Å². The molecule has 1 aliphatic rings. The monoisotopic (exact) mass is 300 g/mol. The Labute approximate surface area is 125 Å². The Morgan fingerprint density at radius 3 is 2.80 bits per heavy atom. The summed E-state index contributed by atoms with van der Waals surface area (Å²) in [4.78, 5) is 12.1. The summed E-state index contributed by atoms with van der Waals surface area (Å²) in [5.74, 6) is 1.08. The maximum Gasteiger partial charge on any atom is 0.255 e. The molecule has 1 aromatic rings. The second kappa shape index (κ2) is 7.97. The van der Waals surface area contributed by atoms with E-state index in [4.69, 9.17) is 9.47 Å². The minimum atomic E-state index is -0.117. The quantitative estimate of drug-likeness (QED) is 0.867. The van der Waals surface area contributed by atoms with Gasteiger partial charge in [-0.2, -0.15) is 0 Å². The van der Waals surface area contributed by atoms with Crippen molar-refractivity contribution in [2.45, 2.75) is 18.9 Å². The molecule has 0 aromatic heterocycles. The Balaban J connectivity index is 0.00000200. The molecule has 0 radical (unpaired) electrons. The smallest absolute Gasteiger partial charge is 0.255 e. The van der Waals surface area contributed by atoms with Crippen molar-refractivity contribution in [3.63, 3.8) is 0 Å². The molecule has 1 heterocycles. The van der Waals surface area contributed by atoms with E-state index in [0.29, 0.717) is 29.6 Å². The minimum absolute atomic E-state index is 0. The molecular weight excluding hydrogens is 280 g/mol. The molecule has 2 rings (SSSR count). The lowest BCUT2D eigenvalue weighted by molar-refractivity contribution is 0.0947. The van der Waals surface area contributed by atoms with Crippen molar-refractivity contribution in [2.75, 3.05) is 27.3 Å². The fourth-order valence-electron chi connectivity index (χ4n) is 2.23. The molecule has 0 spiro atoms. The highest BCUT2D eigenvalue weighted by atomic mass is 35.5. The lowest BCUT2D eigenvalue weighted by Gasteiger charge is -2.13. The zero-order valence-electron chi connectivity index (χ0n) is 11.8. The first kappa shape index (κ1) is 16.6. The number of ether oxygens (including phenoxy) is 2. The highest BCUT2D eigenvalue weighted by Gasteiger charge is 2.17. The average Bonchev–Trinajstić information content (AvgIpc) is 2.97. The zero-order valence-corrected chi connectivity index (χ0v) is 12.6. The fraction of sp³-hybridized carbons (Fsp3) is 0.500. The van der Waals surface area contributed by atoms with Gasteiger partial charge in [0.05, 0.1) is 19.8 Å². The Kier molecular flexibility index (Phi) is 6.61. The van der Waals surface area contributed by atoms with Gasteiger partial charge in [0.25, 0.3) is 5.91 Å². The van der Waals surface area contributed by atoms with E-state index in [2.05, 4.69) is 10.6 Å². The molecule has 6 heteroatoms. The van der Waals surface area contributed by atoms with Crippen molar-refractivity contribution in [3.05, 3.63) is 23.8 Å². The van der Waals surface area contributed by atoms with Crippen LogP contribution in [0, 0.1) is 0 Å². The highest BCUT2D eigenvalue weighted by molar-refractivity contribution is 5.97. The zero-order chi connectivity index (χ0) is 13.7. The Morgan fingerprint density at radius 2 is 2.20 bits per heavy atom. The van der Waals surface area contributed by atoms with Crippen LogP contribution >= 0.6 is 12.4 Å². The van der Waals surface area contributed by atoms with E-state index in [1.807, 2.05) is 0 Å². The number of halogens is 1. The fourth-order valence-corrected chi connectivity index (χ4v) is 2.23. The number of nitrogens with one attached hydrogen (secondary N) is 2. The molecule has 2 N–H and O–H groups in total. The molecule has 20 heavy (non-hydrogen) atoms. The molecule has 1 fully saturated rings. The van der Waals surface area contributed by atoms with Crippen LogP contribution in [-0.4, -0.2) is 39.3 Å². The van der Waals surface area contributed by atoms with Gasteiger partial charge in [0.2, 0.25) is 0 Å². The second-order valence-electron chi connectivity index (χ2n) is 4.57. The number of hydrogen-bond acceptors (Lipinski definition) is 4. The SMILES string of the molecule is COc1ccc(C(=O)NCC2CCCN2)c(OC)c1.Cl. The Hall–Kier alpha value is -1.46. The van der Waals surface area contributed by atoms with Crippen LogP contribution in [0.15, 0.2) is 18.2 Å². The number of benzene rings is 1. The van der Waals surface area contributed by atoms with Gasteiger partial charge in [0.1, 0.15) is 11.5 Å². The molecule has 1 atom stereocenters. The van der Waals surface area contributed by atoms with E-state index in [-0.39, 0.29) is 18.3 Å². The summed E-state index contributed by atoms with van der Waals surface area (Å²) in [7, 11) is 3.13. The van der Waals surface area contributed by atoms with Crippen LogP contribution in [-0.2, 0) is 0 Å². The summed E-state index contributed by atoms with van der Waals surface area (Å²) in [6.07, 6.45) is 2.28. The molecule has 0 bridgehead atoms. The van der Waals surface area contributed by atoms with E-state index in [1.54, 1.807) is 32.4 Å². The number of carbonyl (C=O) groups excluding carboxylic acids is 1. The van der Waals surface area contributed by atoms with Gasteiger partial charge in [-0.25, -0.2) is 0 Å². The summed E-state index contributed by atoms with van der Waals surface area (Å²) < 4.78 is 10.3. The number of carbonyl (C=O) groups is 1. The highest BCUT2D eigenvalue weighted by Crippen LogP contribution is 2.24. The normalized spacial score (nSPS) is 17.2. The van der Waals surface area contributed by atoms with Crippen LogP contribution in [0.2, 0.25) is 0 Å². The summed E-state index contributed by atoms with van der Waals surface area (Å²) >= 11 is 0. The largest absolute Gasteiger partial charge is 0.497 e. The van der Waals surface area contributed by atoms with E-state index < -0.39 is 0 Å². The van der Waals surface area contributed by atoms with Gasteiger partial charge in [0, 0.05) is 18.7 Å². The number of rotatable bonds is 5. The molecule has 1 aromatic carbocycles. The van der Waals surface area contributed by atoms with Crippen molar-refractivity contribution in [3.8, 4) is 11.5 Å². The van der Waals surface area contributed by atoms with Gasteiger partial charge in [-0.15, -0.1) is 12.4 Å². The minimum Gasteiger partial charge on any atom is -0.497 e. The van der Waals surface area contributed by atoms with Crippen molar-refractivity contribution in [1.29, 1.82) is 0 Å².